The fourth-order valence-electron chi connectivity index (χ4n) is 3.12. The van der Waals surface area contributed by atoms with Crippen molar-refractivity contribution in [2.75, 3.05) is 6.61 Å². The van der Waals surface area contributed by atoms with E-state index in [2.05, 4.69) is 6.07 Å². The lowest BCUT2D eigenvalue weighted by Gasteiger charge is -2.42. The Kier molecular flexibility index (Phi) is 2.58. The number of ether oxygens (including phenoxy) is 1. The van der Waals surface area contributed by atoms with Crippen molar-refractivity contribution in [2.45, 2.75) is 43.3 Å². The summed E-state index contributed by atoms with van der Waals surface area (Å²) >= 11 is 0. The minimum absolute atomic E-state index is 0.0649. The quantitative estimate of drug-likeness (QED) is 0.855. The summed E-state index contributed by atoms with van der Waals surface area (Å²) in [7, 11) is 0. The van der Waals surface area contributed by atoms with E-state index in [1.165, 1.54) is 0 Å². The molecule has 2 N–H and O–H groups in total. The van der Waals surface area contributed by atoms with E-state index >= 15 is 0 Å². The second-order valence-electron chi connectivity index (χ2n) is 5.40. The van der Waals surface area contributed by atoms with Gasteiger partial charge in [-0.05, 0) is 43.2 Å². The smallest absolute Gasteiger partial charge is 0.122 e. The van der Waals surface area contributed by atoms with Crippen LogP contribution in [0.5, 0.6) is 5.75 Å². The van der Waals surface area contributed by atoms with Crippen LogP contribution in [0.1, 0.15) is 37.2 Å². The first-order chi connectivity index (χ1) is 8.16. The Labute approximate surface area is 101 Å². The number of para-hydroxylation sites is 1. The van der Waals surface area contributed by atoms with Crippen LogP contribution >= 0.6 is 0 Å². The summed E-state index contributed by atoms with van der Waals surface area (Å²) in [5, 5.41) is 0. The molecule has 0 saturated heterocycles. The number of alkyl halides is 1. The molecule has 92 valence electrons. The molecule has 1 aromatic carbocycles. The average Bonchev–Trinajstić information content (AvgIpc) is 2.28. The Balaban J connectivity index is 1.77. The number of nitrogens with two attached hydrogens (primary N) is 1. The van der Waals surface area contributed by atoms with Gasteiger partial charge in [0.1, 0.15) is 11.4 Å². The van der Waals surface area contributed by atoms with Crippen LogP contribution in [-0.2, 0) is 0 Å². The molecule has 0 aromatic heterocycles. The van der Waals surface area contributed by atoms with Crippen molar-refractivity contribution in [1.82, 2.24) is 0 Å². The standard InChI is InChI=1S/C14H18FNO/c15-14(8-11(16)9-14)7-10-5-6-17-13-4-2-1-3-12(10)13/h1-4,10-11H,5-9,16H2. The van der Waals surface area contributed by atoms with Gasteiger partial charge in [-0.25, -0.2) is 4.39 Å². The SMILES string of the molecule is NC1CC(F)(CC2CCOc3ccccc32)C1. The predicted molar refractivity (Wildman–Crippen MR) is 65.0 cm³/mol. The normalized spacial score (nSPS) is 35.6. The van der Waals surface area contributed by atoms with Crippen molar-refractivity contribution in [3.05, 3.63) is 29.8 Å². The zero-order chi connectivity index (χ0) is 11.9. The second kappa shape index (κ2) is 3.98. The van der Waals surface area contributed by atoms with E-state index in [0.717, 1.165) is 17.7 Å². The molecule has 0 spiro atoms. The molecule has 3 rings (SSSR count). The van der Waals surface area contributed by atoms with Gasteiger partial charge in [-0.15, -0.1) is 0 Å². The number of rotatable bonds is 2. The Bertz CT molecular complexity index is 414. The van der Waals surface area contributed by atoms with Crippen LogP contribution in [0.15, 0.2) is 24.3 Å². The molecular weight excluding hydrogens is 217 g/mol. The molecule has 0 radical (unpaired) electrons. The van der Waals surface area contributed by atoms with Gasteiger partial charge in [0.25, 0.3) is 0 Å². The molecule has 1 atom stereocenters. The maximum atomic E-state index is 14.3. The number of halogens is 1. The molecule has 1 heterocycles. The first-order valence-corrected chi connectivity index (χ1v) is 6.32. The van der Waals surface area contributed by atoms with E-state index in [1.807, 2.05) is 18.2 Å². The van der Waals surface area contributed by atoms with Gasteiger partial charge in [0.15, 0.2) is 0 Å². The van der Waals surface area contributed by atoms with Gasteiger partial charge < -0.3 is 10.5 Å². The summed E-state index contributed by atoms with van der Waals surface area (Å²) < 4.78 is 19.9. The molecule has 0 amide bonds. The third-order valence-electron chi connectivity index (χ3n) is 3.95. The van der Waals surface area contributed by atoms with Crippen LogP contribution in [0, 0.1) is 0 Å². The number of hydrogen-bond donors (Lipinski definition) is 1. The number of hydrogen-bond acceptors (Lipinski definition) is 2. The Morgan fingerprint density at radius 2 is 2.12 bits per heavy atom. The zero-order valence-electron chi connectivity index (χ0n) is 9.86. The number of benzene rings is 1. The highest BCUT2D eigenvalue weighted by molar-refractivity contribution is 5.38. The summed E-state index contributed by atoms with van der Waals surface area (Å²) in [6, 6.07) is 8.05. The molecule has 1 unspecified atom stereocenters. The van der Waals surface area contributed by atoms with Gasteiger partial charge in [0, 0.05) is 6.04 Å². The van der Waals surface area contributed by atoms with E-state index in [0.29, 0.717) is 25.9 Å². The monoisotopic (exact) mass is 235 g/mol. The lowest BCUT2D eigenvalue weighted by molar-refractivity contribution is 0.0237. The van der Waals surface area contributed by atoms with Crippen molar-refractivity contribution in [1.29, 1.82) is 0 Å². The van der Waals surface area contributed by atoms with Crippen LogP contribution in [0.2, 0.25) is 0 Å². The van der Waals surface area contributed by atoms with Crippen molar-refractivity contribution >= 4 is 0 Å². The fraction of sp³-hybridized carbons (Fsp3) is 0.571. The van der Waals surface area contributed by atoms with Gasteiger partial charge >= 0.3 is 0 Å². The van der Waals surface area contributed by atoms with Crippen LogP contribution in [0.3, 0.4) is 0 Å². The fourth-order valence-corrected chi connectivity index (χ4v) is 3.12. The summed E-state index contributed by atoms with van der Waals surface area (Å²) in [5.74, 6) is 1.22. The first kappa shape index (κ1) is 11.0. The minimum Gasteiger partial charge on any atom is -0.493 e. The van der Waals surface area contributed by atoms with Crippen LogP contribution in [0.4, 0.5) is 4.39 Å². The molecule has 1 saturated carbocycles. The molecule has 1 aliphatic carbocycles. The van der Waals surface area contributed by atoms with Gasteiger partial charge in [0.05, 0.1) is 6.61 Å². The van der Waals surface area contributed by atoms with Crippen molar-refractivity contribution in [3.63, 3.8) is 0 Å². The van der Waals surface area contributed by atoms with E-state index in [9.17, 15) is 4.39 Å². The summed E-state index contributed by atoms with van der Waals surface area (Å²) in [4.78, 5) is 0. The highest BCUT2D eigenvalue weighted by Gasteiger charge is 2.45. The highest BCUT2D eigenvalue weighted by atomic mass is 19.1. The summed E-state index contributed by atoms with van der Waals surface area (Å²) in [5.41, 5.74) is 5.82. The van der Waals surface area contributed by atoms with E-state index in [-0.39, 0.29) is 12.0 Å². The Morgan fingerprint density at radius 1 is 1.35 bits per heavy atom. The molecule has 2 aliphatic rings. The maximum Gasteiger partial charge on any atom is 0.122 e. The van der Waals surface area contributed by atoms with Gasteiger partial charge in [-0.1, -0.05) is 18.2 Å². The van der Waals surface area contributed by atoms with E-state index in [1.54, 1.807) is 0 Å². The zero-order valence-corrected chi connectivity index (χ0v) is 9.86. The van der Waals surface area contributed by atoms with Crippen LogP contribution in [-0.4, -0.2) is 18.3 Å². The van der Waals surface area contributed by atoms with Crippen molar-refractivity contribution in [3.8, 4) is 5.75 Å². The lowest BCUT2D eigenvalue weighted by Crippen LogP contribution is -2.49. The minimum atomic E-state index is -1.03. The third kappa shape index (κ3) is 2.04. The van der Waals surface area contributed by atoms with E-state index in [4.69, 9.17) is 10.5 Å². The molecule has 3 heteroatoms. The lowest BCUT2D eigenvalue weighted by atomic mass is 9.70. The molecule has 0 bridgehead atoms. The molecule has 1 aromatic rings. The van der Waals surface area contributed by atoms with Crippen LogP contribution in [0.25, 0.3) is 0 Å². The summed E-state index contributed by atoms with van der Waals surface area (Å²) in [6.07, 6.45) is 2.55. The maximum absolute atomic E-state index is 14.3. The third-order valence-corrected chi connectivity index (χ3v) is 3.95. The highest BCUT2D eigenvalue weighted by Crippen LogP contribution is 2.46. The molecular formula is C14H18FNO. The molecule has 2 nitrogen and oxygen atoms in total. The molecule has 1 aliphatic heterocycles. The van der Waals surface area contributed by atoms with E-state index < -0.39 is 5.67 Å². The summed E-state index contributed by atoms with van der Waals surface area (Å²) in [6.45, 7) is 0.698. The van der Waals surface area contributed by atoms with Crippen molar-refractivity contribution in [2.24, 2.45) is 5.73 Å². The number of fused-ring (bicyclic) bond motifs is 1. The Hall–Kier alpha value is -1.09. The van der Waals surface area contributed by atoms with Crippen molar-refractivity contribution < 1.29 is 9.13 Å². The van der Waals surface area contributed by atoms with Gasteiger partial charge in [-0.2, -0.15) is 0 Å². The van der Waals surface area contributed by atoms with Gasteiger partial charge in [0.2, 0.25) is 0 Å². The van der Waals surface area contributed by atoms with Crippen LogP contribution < -0.4 is 10.5 Å². The largest absolute Gasteiger partial charge is 0.493 e. The molecule has 17 heavy (non-hydrogen) atoms. The van der Waals surface area contributed by atoms with Gasteiger partial charge in [-0.3, -0.25) is 0 Å². The predicted octanol–water partition coefficient (Wildman–Crippen LogP) is 2.77. The Morgan fingerprint density at radius 3 is 2.88 bits per heavy atom. The molecule has 1 fully saturated rings. The second-order valence-corrected chi connectivity index (χ2v) is 5.40. The first-order valence-electron chi connectivity index (χ1n) is 6.32. The average molecular weight is 235 g/mol. The topological polar surface area (TPSA) is 35.2 Å².